The minimum Gasteiger partial charge on any atom is -0.371 e. The summed E-state index contributed by atoms with van der Waals surface area (Å²) in [6.07, 6.45) is -3.36. The smallest absolute Gasteiger partial charge is 0.371 e. The highest BCUT2D eigenvalue weighted by molar-refractivity contribution is 5.90. The Balaban J connectivity index is 1.51. The van der Waals surface area contributed by atoms with E-state index < -0.39 is 24.0 Å². The number of alkyl halides is 3. The second-order valence-corrected chi connectivity index (χ2v) is 7.34. The molecule has 3 rings (SSSR count). The fourth-order valence-electron chi connectivity index (χ4n) is 3.87. The third-order valence-electron chi connectivity index (χ3n) is 5.28. The van der Waals surface area contributed by atoms with Gasteiger partial charge in [-0.15, -0.1) is 0 Å². The number of aryl methyl sites for hydroxylation is 1. The first kappa shape index (κ1) is 19.5. The molecule has 0 saturated carbocycles. The number of nitrogens with zero attached hydrogens (tertiary/aromatic N) is 2. The molecule has 0 aromatic heterocycles. The second kappa shape index (κ2) is 7.78. The van der Waals surface area contributed by atoms with E-state index in [0.29, 0.717) is 17.9 Å². The molecule has 2 saturated heterocycles. The van der Waals surface area contributed by atoms with Gasteiger partial charge in [-0.1, -0.05) is 12.1 Å². The standard InChI is InChI=1S/C19H24F3N3O2/c1-13-4-2-5-15(10-13)24-9-7-14(12-24)11-23-17(26)16-6-3-8-25(16)18(27)19(20,21)22/h2,4-5,10,14,16H,3,6-9,11-12H2,1H3,(H,23,26). The maximum Gasteiger partial charge on any atom is 0.471 e. The van der Waals surface area contributed by atoms with E-state index in [1.54, 1.807) is 0 Å². The number of hydrogen-bond donors (Lipinski definition) is 1. The van der Waals surface area contributed by atoms with Crippen LogP contribution in [0.15, 0.2) is 24.3 Å². The Morgan fingerprint density at radius 1 is 1.22 bits per heavy atom. The molecule has 2 aliphatic rings. The third kappa shape index (κ3) is 4.54. The summed E-state index contributed by atoms with van der Waals surface area (Å²) in [6, 6.07) is 7.18. The van der Waals surface area contributed by atoms with Crippen molar-refractivity contribution in [2.75, 3.05) is 31.1 Å². The molecule has 1 aromatic rings. The summed E-state index contributed by atoms with van der Waals surface area (Å²) in [4.78, 5) is 26.7. The maximum atomic E-state index is 12.7. The summed E-state index contributed by atoms with van der Waals surface area (Å²) < 4.78 is 38.0. The number of carbonyl (C=O) groups is 2. The number of anilines is 1. The van der Waals surface area contributed by atoms with E-state index in [9.17, 15) is 22.8 Å². The summed E-state index contributed by atoms with van der Waals surface area (Å²) in [6.45, 7) is 4.09. The number of amides is 2. The normalized spacial score (nSPS) is 23.0. The zero-order valence-corrected chi connectivity index (χ0v) is 15.3. The highest BCUT2D eigenvalue weighted by atomic mass is 19.4. The third-order valence-corrected chi connectivity index (χ3v) is 5.28. The van der Waals surface area contributed by atoms with E-state index in [0.717, 1.165) is 25.2 Å². The van der Waals surface area contributed by atoms with Crippen molar-refractivity contribution in [1.29, 1.82) is 0 Å². The van der Waals surface area contributed by atoms with Crippen LogP contribution in [0.1, 0.15) is 24.8 Å². The second-order valence-electron chi connectivity index (χ2n) is 7.34. The molecule has 2 atom stereocenters. The topological polar surface area (TPSA) is 52.7 Å². The van der Waals surface area contributed by atoms with Gasteiger partial charge < -0.3 is 15.1 Å². The van der Waals surface area contributed by atoms with E-state index in [1.807, 2.05) is 25.1 Å². The van der Waals surface area contributed by atoms with Crippen LogP contribution in [0, 0.1) is 12.8 Å². The summed E-state index contributed by atoms with van der Waals surface area (Å²) in [5, 5.41) is 2.76. The van der Waals surface area contributed by atoms with E-state index >= 15 is 0 Å². The molecule has 1 N–H and O–H groups in total. The van der Waals surface area contributed by atoms with Crippen molar-refractivity contribution in [1.82, 2.24) is 10.2 Å². The van der Waals surface area contributed by atoms with Crippen LogP contribution >= 0.6 is 0 Å². The highest BCUT2D eigenvalue weighted by Gasteiger charge is 2.47. The molecule has 0 aliphatic carbocycles. The minimum atomic E-state index is -4.94. The minimum absolute atomic E-state index is 0.0268. The van der Waals surface area contributed by atoms with E-state index in [1.165, 1.54) is 5.56 Å². The fraction of sp³-hybridized carbons (Fsp3) is 0.579. The zero-order valence-electron chi connectivity index (χ0n) is 15.3. The van der Waals surface area contributed by atoms with Gasteiger partial charge in [0.15, 0.2) is 0 Å². The highest BCUT2D eigenvalue weighted by Crippen LogP contribution is 2.27. The molecule has 0 spiro atoms. The predicted octanol–water partition coefficient (Wildman–Crippen LogP) is 2.49. The van der Waals surface area contributed by atoms with E-state index in [2.05, 4.69) is 16.3 Å². The van der Waals surface area contributed by atoms with Gasteiger partial charge in [0, 0.05) is 31.9 Å². The molecule has 5 nitrogen and oxygen atoms in total. The quantitative estimate of drug-likeness (QED) is 0.869. The molecule has 0 bridgehead atoms. The van der Waals surface area contributed by atoms with Gasteiger partial charge >= 0.3 is 12.1 Å². The molecule has 1 aromatic carbocycles. The molecule has 27 heavy (non-hydrogen) atoms. The van der Waals surface area contributed by atoms with Gasteiger partial charge in [0.25, 0.3) is 0 Å². The fourth-order valence-corrected chi connectivity index (χ4v) is 3.87. The Hall–Kier alpha value is -2.25. The first-order chi connectivity index (χ1) is 12.8. The van der Waals surface area contributed by atoms with Crippen molar-refractivity contribution in [2.45, 2.75) is 38.4 Å². The Kier molecular flexibility index (Phi) is 5.62. The van der Waals surface area contributed by atoms with Gasteiger partial charge in [0.2, 0.25) is 5.91 Å². The number of likely N-dealkylation sites (tertiary alicyclic amines) is 1. The van der Waals surface area contributed by atoms with Crippen LogP contribution in [0.4, 0.5) is 18.9 Å². The van der Waals surface area contributed by atoms with Crippen molar-refractivity contribution in [2.24, 2.45) is 5.92 Å². The Bertz CT molecular complexity index is 708. The van der Waals surface area contributed by atoms with Crippen molar-refractivity contribution >= 4 is 17.5 Å². The lowest BCUT2D eigenvalue weighted by molar-refractivity contribution is -0.186. The number of hydrogen-bond acceptors (Lipinski definition) is 3. The van der Waals surface area contributed by atoms with Gasteiger partial charge in [0.05, 0.1) is 0 Å². The number of rotatable bonds is 4. The largest absolute Gasteiger partial charge is 0.471 e. The number of halogens is 3. The first-order valence-corrected chi connectivity index (χ1v) is 9.23. The Morgan fingerprint density at radius 3 is 2.70 bits per heavy atom. The molecule has 0 radical (unpaired) electrons. The molecule has 8 heteroatoms. The molecule has 2 unspecified atom stereocenters. The first-order valence-electron chi connectivity index (χ1n) is 9.23. The Labute approximate surface area is 156 Å². The molecule has 2 heterocycles. The van der Waals surface area contributed by atoms with Crippen molar-refractivity contribution in [3.05, 3.63) is 29.8 Å². The van der Waals surface area contributed by atoms with Gasteiger partial charge in [-0.25, -0.2) is 0 Å². The van der Waals surface area contributed by atoms with Crippen molar-refractivity contribution < 1.29 is 22.8 Å². The summed E-state index contributed by atoms with van der Waals surface area (Å²) in [5.41, 5.74) is 2.32. The van der Waals surface area contributed by atoms with Crippen LogP contribution in [0.2, 0.25) is 0 Å². The SMILES string of the molecule is Cc1cccc(N2CCC(CNC(=O)C3CCCN3C(=O)C(F)(F)F)C2)c1. The molecular formula is C19H24F3N3O2. The van der Waals surface area contributed by atoms with E-state index in [-0.39, 0.29) is 18.9 Å². The van der Waals surface area contributed by atoms with Gasteiger partial charge in [0.1, 0.15) is 6.04 Å². The molecule has 2 amide bonds. The number of carbonyl (C=O) groups excluding carboxylic acids is 2. The number of benzene rings is 1. The van der Waals surface area contributed by atoms with Gasteiger partial charge in [-0.05, 0) is 49.8 Å². The average Bonchev–Trinajstić information content (AvgIpc) is 3.27. The van der Waals surface area contributed by atoms with Crippen LogP contribution < -0.4 is 10.2 Å². The van der Waals surface area contributed by atoms with Gasteiger partial charge in [-0.2, -0.15) is 13.2 Å². The van der Waals surface area contributed by atoms with Crippen LogP contribution in [0.3, 0.4) is 0 Å². The van der Waals surface area contributed by atoms with Gasteiger partial charge in [-0.3, -0.25) is 9.59 Å². The van der Waals surface area contributed by atoms with Crippen LogP contribution in [0.25, 0.3) is 0 Å². The monoisotopic (exact) mass is 383 g/mol. The lowest BCUT2D eigenvalue weighted by Gasteiger charge is -2.25. The van der Waals surface area contributed by atoms with Crippen molar-refractivity contribution in [3.8, 4) is 0 Å². The summed E-state index contributed by atoms with van der Waals surface area (Å²) >= 11 is 0. The Morgan fingerprint density at radius 2 is 2.00 bits per heavy atom. The van der Waals surface area contributed by atoms with Crippen LogP contribution in [-0.2, 0) is 9.59 Å². The molecular weight excluding hydrogens is 359 g/mol. The van der Waals surface area contributed by atoms with E-state index in [4.69, 9.17) is 0 Å². The lowest BCUT2D eigenvalue weighted by Crippen LogP contribution is -2.50. The van der Waals surface area contributed by atoms with Crippen LogP contribution in [-0.4, -0.2) is 55.1 Å². The molecule has 2 aliphatic heterocycles. The molecule has 148 valence electrons. The number of nitrogens with one attached hydrogen (secondary N) is 1. The zero-order chi connectivity index (χ0) is 19.6. The maximum absolute atomic E-state index is 12.7. The van der Waals surface area contributed by atoms with Crippen molar-refractivity contribution in [3.63, 3.8) is 0 Å². The average molecular weight is 383 g/mol. The summed E-state index contributed by atoms with van der Waals surface area (Å²) in [7, 11) is 0. The summed E-state index contributed by atoms with van der Waals surface area (Å²) in [5.74, 6) is -2.17. The molecule has 2 fully saturated rings. The van der Waals surface area contributed by atoms with Crippen LogP contribution in [0.5, 0.6) is 0 Å². The lowest BCUT2D eigenvalue weighted by atomic mass is 10.1. The predicted molar refractivity (Wildman–Crippen MR) is 95.3 cm³/mol.